The van der Waals surface area contributed by atoms with Gasteiger partial charge in [0, 0.05) is 40.7 Å². The summed E-state index contributed by atoms with van der Waals surface area (Å²) in [7, 11) is 5.51. The third-order valence-corrected chi connectivity index (χ3v) is 5.15. The van der Waals surface area contributed by atoms with E-state index in [-0.39, 0.29) is 18.6 Å². The second-order valence-corrected chi connectivity index (χ2v) is 7.14. The first kappa shape index (κ1) is 17.1. The molecular formula is C17H24N4O2S. The van der Waals surface area contributed by atoms with Crippen LogP contribution >= 0.6 is 11.3 Å². The van der Waals surface area contributed by atoms with E-state index in [2.05, 4.69) is 31.3 Å². The van der Waals surface area contributed by atoms with Gasteiger partial charge in [-0.15, -0.1) is 0 Å². The minimum absolute atomic E-state index is 0.0135. The predicted molar refractivity (Wildman–Crippen MR) is 93.9 cm³/mol. The minimum atomic E-state index is -0.0135. The third-order valence-electron chi connectivity index (χ3n) is 4.42. The number of aromatic nitrogens is 2. The highest BCUT2D eigenvalue weighted by molar-refractivity contribution is 7.07. The quantitative estimate of drug-likeness (QED) is 0.797. The number of hydrogen-bond acceptors (Lipinski definition) is 5. The standard InChI is InChI=1S/C17H24N4O2S/c1-19(2)16(22)10-23-9-15-17-14(18-12-20(17)3)4-6-21(15)8-13-5-7-24-11-13/h5,7,11-12,15H,4,6,8-10H2,1-3H3/t15-/m0/s1. The van der Waals surface area contributed by atoms with E-state index in [9.17, 15) is 4.79 Å². The Labute approximate surface area is 146 Å². The van der Waals surface area contributed by atoms with Crippen LogP contribution in [0.5, 0.6) is 0 Å². The molecule has 6 nitrogen and oxygen atoms in total. The van der Waals surface area contributed by atoms with Gasteiger partial charge in [-0.3, -0.25) is 9.69 Å². The molecule has 1 aliphatic rings. The van der Waals surface area contributed by atoms with Gasteiger partial charge in [0.05, 0.1) is 30.4 Å². The fourth-order valence-corrected chi connectivity index (χ4v) is 3.72. The Morgan fingerprint density at radius 3 is 3.04 bits per heavy atom. The van der Waals surface area contributed by atoms with Gasteiger partial charge in [-0.25, -0.2) is 4.98 Å². The first-order valence-electron chi connectivity index (χ1n) is 8.09. The zero-order valence-electron chi connectivity index (χ0n) is 14.4. The molecule has 0 radical (unpaired) electrons. The molecule has 0 saturated carbocycles. The van der Waals surface area contributed by atoms with Gasteiger partial charge in [-0.1, -0.05) is 0 Å². The van der Waals surface area contributed by atoms with Gasteiger partial charge in [-0.05, 0) is 22.4 Å². The summed E-state index contributed by atoms with van der Waals surface area (Å²) in [4.78, 5) is 20.3. The Morgan fingerprint density at radius 2 is 2.33 bits per heavy atom. The van der Waals surface area contributed by atoms with Crippen LogP contribution < -0.4 is 0 Å². The van der Waals surface area contributed by atoms with Gasteiger partial charge in [0.2, 0.25) is 5.91 Å². The molecule has 0 unspecified atom stereocenters. The lowest BCUT2D eigenvalue weighted by molar-refractivity contribution is -0.134. The van der Waals surface area contributed by atoms with E-state index >= 15 is 0 Å². The Bertz CT molecular complexity index is 681. The van der Waals surface area contributed by atoms with Crippen molar-refractivity contribution in [2.45, 2.75) is 19.0 Å². The fraction of sp³-hybridized carbons (Fsp3) is 0.529. The second kappa shape index (κ2) is 7.46. The van der Waals surface area contributed by atoms with Crippen LogP contribution in [-0.4, -0.2) is 59.1 Å². The van der Waals surface area contributed by atoms with E-state index in [1.54, 1.807) is 30.3 Å². The van der Waals surface area contributed by atoms with Crippen LogP contribution in [0.25, 0.3) is 0 Å². The molecule has 0 saturated heterocycles. The van der Waals surface area contributed by atoms with E-state index in [0.29, 0.717) is 6.61 Å². The molecule has 0 bridgehead atoms. The average molecular weight is 348 g/mol. The highest BCUT2D eigenvalue weighted by Gasteiger charge is 2.31. The molecule has 0 fully saturated rings. The van der Waals surface area contributed by atoms with Crippen molar-refractivity contribution in [2.24, 2.45) is 7.05 Å². The molecule has 7 heteroatoms. The summed E-state index contributed by atoms with van der Waals surface area (Å²) in [6.07, 6.45) is 2.82. The van der Waals surface area contributed by atoms with Crippen molar-refractivity contribution >= 4 is 17.2 Å². The Morgan fingerprint density at radius 1 is 1.50 bits per heavy atom. The summed E-state index contributed by atoms with van der Waals surface area (Å²) in [5.74, 6) is -0.0135. The Balaban J connectivity index is 1.73. The first-order valence-corrected chi connectivity index (χ1v) is 9.03. The minimum Gasteiger partial charge on any atom is -0.370 e. The van der Waals surface area contributed by atoms with Crippen molar-refractivity contribution in [3.05, 3.63) is 40.1 Å². The zero-order chi connectivity index (χ0) is 17.1. The molecule has 0 aliphatic carbocycles. The monoisotopic (exact) mass is 348 g/mol. The van der Waals surface area contributed by atoms with E-state index in [4.69, 9.17) is 4.74 Å². The third kappa shape index (κ3) is 3.68. The van der Waals surface area contributed by atoms with Gasteiger partial charge in [0.15, 0.2) is 0 Å². The van der Waals surface area contributed by atoms with Crippen molar-refractivity contribution in [3.8, 4) is 0 Å². The van der Waals surface area contributed by atoms with Crippen LogP contribution in [0, 0.1) is 0 Å². The summed E-state index contributed by atoms with van der Waals surface area (Å²) >= 11 is 1.72. The molecule has 1 aliphatic heterocycles. The van der Waals surface area contributed by atoms with E-state index in [1.807, 2.05) is 13.4 Å². The van der Waals surface area contributed by atoms with Gasteiger partial charge >= 0.3 is 0 Å². The lowest BCUT2D eigenvalue weighted by Gasteiger charge is -2.35. The molecule has 1 atom stereocenters. The van der Waals surface area contributed by atoms with Crippen molar-refractivity contribution in [2.75, 3.05) is 33.9 Å². The van der Waals surface area contributed by atoms with Gasteiger partial charge in [0.1, 0.15) is 6.61 Å². The molecule has 3 heterocycles. The molecule has 3 rings (SSSR count). The van der Waals surface area contributed by atoms with Crippen LogP contribution in [0.1, 0.15) is 23.0 Å². The van der Waals surface area contributed by atoms with Crippen molar-refractivity contribution in [3.63, 3.8) is 0 Å². The van der Waals surface area contributed by atoms with E-state index in [1.165, 1.54) is 11.3 Å². The largest absolute Gasteiger partial charge is 0.370 e. The summed E-state index contributed by atoms with van der Waals surface area (Å²) in [5.41, 5.74) is 3.67. The normalized spacial score (nSPS) is 17.7. The first-order chi connectivity index (χ1) is 11.6. The number of fused-ring (bicyclic) bond motifs is 1. The Kier molecular flexibility index (Phi) is 5.33. The van der Waals surface area contributed by atoms with Gasteiger partial charge in [-0.2, -0.15) is 11.3 Å². The van der Waals surface area contributed by atoms with Crippen LogP contribution in [0.3, 0.4) is 0 Å². The number of ether oxygens (including phenoxy) is 1. The maximum atomic E-state index is 11.8. The molecule has 2 aromatic heterocycles. The molecular weight excluding hydrogens is 324 g/mol. The highest BCUT2D eigenvalue weighted by Crippen LogP contribution is 2.30. The SMILES string of the molecule is CN(C)C(=O)COC[C@H]1c2c(ncn2C)CCN1Cc1ccsc1. The number of likely N-dealkylation sites (N-methyl/N-ethyl adjacent to an activating group) is 1. The summed E-state index contributed by atoms with van der Waals surface area (Å²) < 4.78 is 7.84. The van der Waals surface area contributed by atoms with Crippen molar-refractivity contribution in [1.29, 1.82) is 0 Å². The smallest absolute Gasteiger partial charge is 0.248 e. The molecule has 0 aromatic carbocycles. The molecule has 1 amide bonds. The van der Waals surface area contributed by atoms with Crippen LogP contribution in [-0.2, 0) is 29.5 Å². The highest BCUT2D eigenvalue weighted by atomic mass is 32.1. The van der Waals surface area contributed by atoms with Crippen LogP contribution in [0.2, 0.25) is 0 Å². The second-order valence-electron chi connectivity index (χ2n) is 6.36. The maximum absolute atomic E-state index is 11.8. The summed E-state index contributed by atoms with van der Waals surface area (Å²) in [5, 5.41) is 4.29. The summed E-state index contributed by atoms with van der Waals surface area (Å²) in [6, 6.07) is 2.29. The van der Waals surface area contributed by atoms with E-state index in [0.717, 1.165) is 25.2 Å². The molecule has 24 heavy (non-hydrogen) atoms. The van der Waals surface area contributed by atoms with Crippen molar-refractivity contribution in [1.82, 2.24) is 19.4 Å². The fourth-order valence-electron chi connectivity index (χ4n) is 3.06. The molecule has 0 spiro atoms. The number of carbonyl (C=O) groups is 1. The van der Waals surface area contributed by atoms with E-state index < -0.39 is 0 Å². The van der Waals surface area contributed by atoms with Crippen LogP contribution in [0.4, 0.5) is 0 Å². The number of hydrogen-bond donors (Lipinski definition) is 0. The lowest BCUT2D eigenvalue weighted by atomic mass is 10.0. The number of aryl methyl sites for hydroxylation is 1. The topological polar surface area (TPSA) is 50.6 Å². The summed E-state index contributed by atoms with van der Waals surface area (Å²) in [6.45, 7) is 2.46. The molecule has 2 aromatic rings. The van der Waals surface area contributed by atoms with Crippen LogP contribution in [0.15, 0.2) is 23.2 Å². The molecule has 130 valence electrons. The van der Waals surface area contributed by atoms with Gasteiger partial charge in [0.25, 0.3) is 0 Å². The number of imidazole rings is 1. The number of rotatable bonds is 6. The lowest BCUT2D eigenvalue weighted by Crippen LogP contribution is -2.39. The van der Waals surface area contributed by atoms with Crippen molar-refractivity contribution < 1.29 is 9.53 Å². The zero-order valence-corrected chi connectivity index (χ0v) is 15.3. The number of carbonyl (C=O) groups excluding carboxylic acids is 1. The number of amides is 1. The number of thiophene rings is 1. The Hall–Kier alpha value is -1.70. The maximum Gasteiger partial charge on any atom is 0.248 e. The number of nitrogens with zero attached hydrogens (tertiary/aromatic N) is 4. The average Bonchev–Trinajstić information content (AvgIpc) is 3.19. The predicted octanol–water partition coefficient (Wildman–Crippen LogP) is 1.69. The molecule has 0 N–H and O–H groups in total. The van der Waals surface area contributed by atoms with Gasteiger partial charge < -0.3 is 14.2 Å².